The molecule has 2 amide bonds. The Balaban J connectivity index is 1.64. The van der Waals surface area contributed by atoms with E-state index >= 15 is 0 Å². The van der Waals surface area contributed by atoms with E-state index in [1.165, 1.54) is 12.1 Å². The minimum Gasteiger partial charge on any atom is -0.301 e. The predicted molar refractivity (Wildman–Crippen MR) is 119 cm³/mol. The molecule has 6 nitrogen and oxygen atoms in total. The number of hydrogen-bond donors (Lipinski definition) is 1. The maximum absolute atomic E-state index is 14.7. The zero-order valence-electron chi connectivity index (χ0n) is 18.3. The molecular weight excluding hydrogens is 526 g/mol. The Bertz CT molecular complexity index is 1570. The second-order valence-corrected chi connectivity index (χ2v) is 9.52. The van der Waals surface area contributed by atoms with Gasteiger partial charge in [0.15, 0.2) is 23.3 Å². The maximum atomic E-state index is 14.7. The average Bonchev–Trinajstić information content (AvgIpc) is 3.02. The monoisotopic (exact) mass is 540 g/mol. The summed E-state index contributed by atoms with van der Waals surface area (Å²) >= 11 is 0. The molecule has 1 aliphatic rings. The summed E-state index contributed by atoms with van der Waals surface area (Å²) in [6, 6.07) is 7.68. The average molecular weight is 540 g/mol. The highest BCUT2D eigenvalue weighted by molar-refractivity contribution is 7.90. The maximum Gasteiger partial charge on any atom is 0.352 e. The summed E-state index contributed by atoms with van der Waals surface area (Å²) in [6.45, 7) is -0.555. The number of benzene rings is 3. The molecule has 4 rings (SSSR count). The normalized spacial score (nSPS) is 14.8. The number of nitrogens with zero attached hydrogens (tertiary/aromatic N) is 1. The van der Waals surface area contributed by atoms with Crippen molar-refractivity contribution in [3.8, 4) is 0 Å². The number of alkyl halides is 2. The SMILES string of the molecule is O=C(/C=C/c1cccc2c1N(Cc1ccc(F)c(F)c1)C(=O)C2(F)F)NS(=O)(=O)c1ccc(F)c(F)c1. The van der Waals surface area contributed by atoms with Crippen LogP contribution in [0, 0.1) is 23.3 Å². The lowest BCUT2D eigenvalue weighted by atomic mass is 10.0. The van der Waals surface area contributed by atoms with Crippen LogP contribution in [0.25, 0.3) is 6.08 Å². The van der Waals surface area contributed by atoms with Gasteiger partial charge in [-0.3, -0.25) is 9.59 Å². The molecule has 0 atom stereocenters. The van der Waals surface area contributed by atoms with E-state index in [-0.39, 0.29) is 16.8 Å². The number of anilines is 1. The van der Waals surface area contributed by atoms with Gasteiger partial charge < -0.3 is 4.90 Å². The van der Waals surface area contributed by atoms with E-state index in [1.807, 2.05) is 0 Å². The molecule has 0 unspecified atom stereocenters. The van der Waals surface area contributed by atoms with Crippen LogP contribution < -0.4 is 9.62 Å². The van der Waals surface area contributed by atoms with E-state index in [0.29, 0.717) is 23.1 Å². The van der Waals surface area contributed by atoms with E-state index in [9.17, 15) is 44.3 Å². The Morgan fingerprint density at radius 3 is 2.22 bits per heavy atom. The molecule has 3 aromatic rings. The van der Waals surface area contributed by atoms with Crippen LogP contribution in [-0.4, -0.2) is 20.2 Å². The fraction of sp³-hybridized carbons (Fsp3) is 0.0833. The number of para-hydroxylation sites is 1. The Hall–Kier alpha value is -4.13. The van der Waals surface area contributed by atoms with Gasteiger partial charge in [-0.25, -0.2) is 30.7 Å². The first-order valence-corrected chi connectivity index (χ1v) is 11.8. The highest BCUT2D eigenvalue weighted by Crippen LogP contribution is 2.46. The van der Waals surface area contributed by atoms with Gasteiger partial charge in [-0.05, 0) is 47.5 Å². The van der Waals surface area contributed by atoms with Gasteiger partial charge in [0, 0.05) is 6.08 Å². The molecule has 0 radical (unpaired) electrons. The Morgan fingerprint density at radius 1 is 0.919 bits per heavy atom. The number of halogens is 6. The zero-order chi connectivity index (χ0) is 27.1. The summed E-state index contributed by atoms with van der Waals surface area (Å²) in [4.78, 5) is 24.6. The lowest BCUT2D eigenvalue weighted by molar-refractivity contribution is -0.141. The molecule has 0 bridgehead atoms. The molecule has 0 saturated carbocycles. The summed E-state index contributed by atoms with van der Waals surface area (Å²) in [6.07, 6.45) is 1.63. The first-order valence-electron chi connectivity index (χ1n) is 10.3. The van der Waals surface area contributed by atoms with Crippen molar-refractivity contribution >= 4 is 33.6 Å². The Kier molecular flexibility index (Phi) is 6.59. The Morgan fingerprint density at radius 2 is 1.57 bits per heavy atom. The van der Waals surface area contributed by atoms with Crippen LogP contribution in [0.1, 0.15) is 16.7 Å². The van der Waals surface area contributed by atoms with E-state index in [0.717, 1.165) is 36.4 Å². The lowest BCUT2D eigenvalue weighted by Gasteiger charge is -2.19. The minimum absolute atomic E-state index is 0.00468. The third-order valence-electron chi connectivity index (χ3n) is 5.36. The zero-order valence-corrected chi connectivity index (χ0v) is 19.1. The van der Waals surface area contributed by atoms with Crippen molar-refractivity contribution in [2.24, 2.45) is 0 Å². The van der Waals surface area contributed by atoms with Crippen molar-refractivity contribution < 1.29 is 44.3 Å². The van der Waals surface area contributed by atoms with Crippen LogP contribution in [-0.2, 0) is 32.1 Å². The molecule has 37 heavy (non-hydrogen) atoms. The summed E-state index contributed by atoms with van der Waals surface area (Å²) in [5, 5.41) is 0. The molecule has 0 spiro atoms. The van der Waals surface area contributed by atoms with Crippen LogP contribution in [0.4, 0.5) is 32.0 Å². The molecule has 192 valence electrons. The molecule has 13 heteroatoms. The first-order chi connectivity index (χ1) is 17.3. The van der Waals surface area contributed by atoms with Crippen LogP contribution >= 0.6 is 0 Å². The van der Waals surface area contributed by atoms with Gasteiger partial charge in [0.05, 0.1) is 22.7 Å². The second-order valence-electron chi connectivity index (χ2n) is 7.84. The molecule has 1 N–H and O–H groups in total. The molecule has 0 aromatic heterocycles. The fourth-order valence-corrected chi connectivity index (χ4v) is 4.60. The molecule has 0 saturated heterocycles. The number of carbonyl (C=O) groups is 2. The van der Waals surface area contributed by atoms with Gasteiger partial charge in [-0.1, -0.05) is 24.3 Å². The van der Waals surface area contributed by atoms with E-state index in [4.69, 9.17) is 0 Å². The Labute approximate surface area is 205 Å². The molecular formula is C24H14F6N2O4S. The standard InChI is InChI=1S/C24H14F6N2O4S/c25-17-7-4-13(10-19(17)27)12-32-22-14(2-1-3-16(22)24(29,30)23(32)34)5-9-21(33)31-37(35,36)15-6-8-18(26)20(28)11-15/h1-11H,12H2,(H,31,33)/b9-5+. The number of hydrogen-bond acceptors (Lipinski definition) is 4. The second kappa shape index (κ2) is 9.39. The molecule has 0 aliphatic carbocycles. The van der Waals surface area contributed by atoms with Gasteiger partial charge in [-0.2, -0.15) is 8.78 Å². The van der Waals surface area contributed by atoms with Crippen molar-refractivity contribution in [1.29, 1.82) is 0 Å². The molecule has 0 fully saturated rings. The van der Waals surface area contributed by atoms with Gasteiger partial charge in [0.25, 0.3) is 15.9 Å². The number of rotatable bonds is 6. The summed E-state index contributed by atoms with van der Waals surface area (Å²) in [7, 11) is -4.61. The van der Waals surface area contributed by atoms with E-state index in [2.05, 4.69) is 0 Å². The lowest BCUT2D eigenvalue weighted by Crippen LogP contribution is -2.34. The van der Waals surface area contributed by atoms with Crippen molar-refractivity contribution in [2.45, 2.75) is 17.4 Å². The van der Waals surface area contributed by atoms with Crippen LogP contribution in [0.15, 0.2) is 65.6 Å². The number of amides is 2. The fourth-order valence-electron chi connectivity index (χ4n) is 3.64. The van der Waals surface area contributed by atoms with Crippen molar-refractivity contribution in [1.82, 2.24) is 4.72 Å². The van der Waals surface area contributed by atoms with Crippen molar-refractivity contribution in [3.05, 3.63) is 101 Å². The van der Waals surface area contributed by atoms with Gasteiger partial charge in [0.1, 0.15) is 0 Å². The van der Waals surface area contributed by atoms with Gasteiger partial charge >= 0.3 is 11.8 Å². The molecule has 3 aromatic carbocycles. The summed E-state index contributed by atoms with van der Waals surface area (Å²) in [5.74, 6) is -12.0. The largest absolute Gasteiger partial charge is 0.352 e. The van der Waals surface area contributed by atoms with Crippen LogP contribution in [0.5, 0.6) is 0 Å². The first kappa shape index (κ1) is 25.9. The number of fused-ring (bicyclic) bond motifs is 1. The summed E-state index contributed by atoms with van der Waals surface area (Å²) < 4.78 is 109. The van der Waals surface area contributed by atoms with Crippen LogP contribution in [0.2, 0.25) is 0 Å². The van der Waals surface area contributed by atoms with E-state index < -0.39 is 68.0 Å². The third-order valence-corrected chi connectivity index (χ3v) is 6.71. The minimum atomic E-state index is -4.61. The number of nitrogens with one attached hydrogen (secondary N) is 1. The van der Waals surface area contributed by atoms with Crippen molar-refractivity contribution in [2.75, 3.05) is 4.90 Å². The van der Waals surface area contributed by atoms with Gasteiger partial charge in [0.2, 0.25) is 0 Å². The van der Waals surface area contributed by atoms with Crippen LogP contribution in [0.3, 0.4) is 0 Å². The van der Waals surface area contributed by atoms with E-state index in [1.54, 1.807) is 4.72 Å². The topological polar surface area (TPSA) is 83.6 Å². The smallest absolute Gasteiger partial charge is 0.301 e. The summed E-state index contributed by atoms with van der Waals surface area (Å²) in [5.41, 5.74) is -1.12. The van der Waals surface area contributed by atoms with Gasteiger partial charge in [-0.15, -0.1) is 0 Å². The number of sulfonamides is 1. The quantitative estimate of drug-likeness (QED) is 0.371. The predicted octanol–water partition coefficient (Wildman–Crippen LogP) is 4.40. The third kappa shape index (κ3) is 4.94. The molecule has 1 aliphatic heterocycles. The number of carbonyl (C=O) groups excluding carboxylic acids is 2. The highest BCUT2D eigenvalue weighted by Gasteiger charge is 2.53. The molecule has 1 heterocycles. The highest BCUT2D eigenvalue weighted by atomic mass is 32.2. The van der Waals surface area contributed by atoms with Crippen molar-refractivity contribution in [3.63, 3.8) is 0 Å².